The van der Waals surface area contributed by atoms with Gasteiger partial charge in [-0.25, -0.2) is 9.97 Å². The zero-order chi connectivity index (χ0) is 14.0. The summed E-state index contributed by atoms with van der Waals surface area (Å²) in [4.78, 5) is 8.97. The molecule has 110 valence electrons. The number of aryl methyl sites for hydroxylation is 2. The summed E-state index contributed by atoms with van der Waals surface area (Å²) in [5.74, 6) is 1.84. The van der Waals surface area contributed by atoms with Crippen molar-refractivity contribution in [2.24, 2.45) is 0 Å². The van der Waals surface area contributed by atoms with Crippen LogP contribution in [0.2, 0.25) is 0 Å². The molecule has 1 saturated carbocycles. The van der Waals surface area contributed by atoms with Crippen LogP contribution in [-0.4, -0.2) is 28.2 Å². The lowest BCUT2D eigenvalue weighted by Crippen LogP contribution is -2.42. The van der Waals surface area contributed by atoms with Gasteiger partial charge in [-0.05, 0) is 39.0 Å². The summed E-state index contributed by atoms with van der Waals surface area (Å²) < 4.78 is 6.09. The Morgan fingerprint density at radius 1 is 1.35 bits per heavy atom. The lowest BCUT2D eigenvalue weighted by Gasteiger charge is -2.38. The number of rotatable bonds is 3. The molecule has 1 atom stereocenters. The third-order valence-electron chi connectivity index (χ3n) is 4.61. The van der Waals surface area contributed by atoms with Gasteiger partial charge in [0.15, 0.2) is 0 Å². The Kier molecular flexibility index (Phi) is 3.92. The van der Waals surface area contributed by atoms with E-state index in [1.807, 2.05) is 6.92 Å². The van der Waals surface area contributed by atoms with E-state index >= 15 is 0 Å². The molecule has 3 rings (SSSR count). The van der Waals surface area contributed by atoms with Crippen LogP contribution < -0.4 is 5.32 Å². The predicted octanol–water partition coefficient (Wildman–Crippen LogP) is 3.25. The van der Waals surface area contributed by atoms with Crippen LogP contribution in [0.5, 0.6) is 0 Å². The summed E-state index contributed by atoms with van der Waals surface area (Å²) in [5.41, 5.74) is 1.27. The maximum atomic E-state index is 6.09. The fourth-order valence-electron chi connectivity index (χ4n) is 3.61. The van der Waals surface area contributed by atoms with E-state index in [9.17, 15) is 0 Å². The summed E-state index contributed by atoms with van der Waals surface area (Å²) in [6.45, 7) is 4.97. The number of nitrogens with zero attached hydrogens (tertiary/aromatic N) is 2. The van der Waals surface area contributed by atoms with Gasteiger partial charge in [0.25, 0.3) is 0 Å². The molecular weight excluding hydrogens is 250 g/mol. The number of hydrogen-bond donors (Lipinski definition) is 1. The Balaban J connectivity index is 1.69. The zero-order valence-corrected chi connectivity index (χ0v) is 12.6. The Hall–Kier alpha value is -1.16. The molecule has 20 heavy (non-hydrogen) atoms. The minimum atomic E-state index is 0.158. The fourth-order valence-corrected chi connectivity index (χ4v) is 3.61. The molecule has 1 aliphatic heterocycles. The molecule has 0 bridgehead atoms. The van der Waals surface area contributed by atoms with Crippen LogP contribution in [0.1, 0.15) is 57.0 Å². The molecule has 1 aliphatic carbocycles. The minimum Gasteiger partial charge on any atom is -0.375 e. The van der Waals surface area contributed by atoms with Crippen LogP contribution in [0.3, 0.4) is 0 Å². The van der Waals surface area contributed by atoms with E-state index in [0.29, 0.717) is 6.04 Å². The van der Waals surface area contributed by atoms with Crippen molar-refractivity contribution in [2.45, 2.75) is 70.4 Å². The van der Waals surface area contributed by atoms with Crippen molar-refractivity contribution < 1.29 is 4.74 Å². The van der Waals surface area contributed by atoms with Crippen molar-refractivity contribution in [1.82, 2.24) is 9.97 Å². The normalized spacial score (nSPS) is 25.0. The molecule has 4 nitrogen and oxygen atoms in total. The topological polar surface area (TPSA) is 47.0 Å². The highest BCUT2D eigenvalue weighted by Gasteiger charge is 2.39. The molecule has 1 N–H and O–H groups in total. The molecule has 2 heterocycles. The second-order valence-electron chi connectivity index (χ2n) is 6.22. The molecule has 1 spiro atoms. The van der Waals surface area contributed by atoms with Gasteiger partial charge < -0.3 is 10.1 Å². The first-order chi connectivity index (χ1) is 9.69. The summed E-state index contributed by atoms with van der Waals surface area (Å²) >= 11 is 0. The molecule has 1 aromatic heterocycles. The van der Waals surface area contributed by atoms with E-state index in [1.165, 1.54) is 25.7 Å². The average molecular weight is 275 g/mol. The Labute approximate surface area is 121 Å². The van der Waals surface area contributed by atoms with E-state index < -0.39 is 0 Å². The van der Waals surface area contributed by atoms with Gasteiger partial charge in [-0.2, -0.15) is 0 Å². The van der Waals surface area contributed by atoms with Crippen molar-refractivity contribution in [3.8, 4) is 0 Å². The predicted molar refractivity (Wildman–Crippen MR) is 79.9 cm³/mol. The first-order valence-corrected chi connectivity index (χ1v) is 7.94. The van der Waals surface area contributed by atoms with Gasteiger partial charge in [-0.3, -0.25) is 0 Å². The highest BCUT2D eigenvalue weighted by atomic mass is 16.5. The number of hydrogen-bond acceptors (Lipinski definition) is 4. The van der Waals surface area contributed by atoms with Crippen LogP contribution in [0.25, 0.3) is 0 Å². The van der Waals surface area contributed by atoms with Crippen LogP contribution in [0.4, 0.5) is 5.82 Å². The molecule has 1 unspecified atom stereocenters. The maximum absolute atomic E-state index is 6.09. The minimum absolute atomic E-state index is 0.158. The largest absolute Gasteiger partial charge is 0.375 e. The first kappa shape index (κ1) is 13.8. The summed E-state index contributed by atoms with van der Waals surface area (Å²) in [6, 6.07) is 2.57. The lowest BCUT2D eigenvalue weighted by molar-refractivity contribution is -0.0767. The van der Waals surface area contributed by atoms with E-state index in [4.69, 9.17) is 4.74 Å². The molecule has 1 saturated heterocycles. The average Bonchev–Trinajstić information content (AvgIpc) is 2.86. The van der Waals surface area contributed by atoms with Gasteiger partial charge in [0.2, 0.25) is 0 Å². The van der Waals surface area contributed by atoms with Crippen LogP contribution in [0.15, 0.2) is 6.07 Å². The standard InChI is InChI=1S/C16H25N3O/c1-3-13-10-15(18-12(2)17-13)19-14-6-9-20-16(11-14)7-4-5-8-16/h10,14H,3-9,11H2,1-2H3,(H,17,18,19). The van der Waals surface area contributed by atoms with E-state index in [2.05, 4.69) is 28.3 Å². The second-order valence-corrected chi connectivity index (χ2v) is 6.22. The molecule has 2 aliphatic rings. The zero-order valence-electron chi connectivity index (χ0n) is 12.6. The van der Waals surface area contributed by atoms with E-state index in [0.717, 1.165) is 43.2 Å². The highest BCUT2D eigenvalue weighted by Crippen LogP contribution is 2.40. The van der Waals surface area contributed by atoms with Crippen molar-refractivity contribution in [3.63, 3.8) is 0 Å². The second kappa shape index (κ2) is 5.68. The highest BCUT2D eigenvalue weighted by molar-refractivity contribution is 5.37. The Bertz CT molecular complexity index is 469. The Morgan fingerprint density at radius 2 is 2.15 bits per heavy atom. The van der Waals surface area contributed by atoms with E-state index in [-0.39, 0.29) is 5.60 Å². The number of nitrogens with one attached hydrogen (secondary N) is 1. The molecule has 0 amide bonds. The number of ether oxygens (including phenoxy) is 1. The SMILES string of the molecule is CCc1cc(NC2CCOC3(CCCC3)C2)nc(C)n1. The quantitative estimate of drug-likeness (QED) is 0.920. The smallest absolute Gasteiger partial charge is 0.130 e. The third-order valence-corrected chi connectivity index (χ3v) is 4.61. The first-order valence-electron chi connectivity index (χ1n) is 7.94. The fraction of sp³-hybridized carbons (Fsp3) is 0.750. The number of aromatic nitrogens is 2. The summed E-state index contributed by atoms with van der Waals surface area (Å²) in [7, 11) is 0. The molecule has 0 radical (unpaired) electrons. The molecular formula is C16H25N3O. The van der Waals surface area contributed by atoms with Gasteiger partial charge in [-0.15, -0.1) is 0 Å². The van der Waals surface area contributed by atoms with Gasteiger partial charge >= 0.3 is 0 Å². The number of anilines is 1. The monoisotopic (exact) mass is 275 g/mol. The van der Waals surface area contributed by atoms with Gasteiger partial charge in [-0.1, -0.05) is 19.8 Å². The lowest BCUT2D eigenvalue weighted by atomic mass is 9.89. The Morgan fingerprint density at radius 3 is 2.90 bits per heavy atom. The van der Waals surface area contributed by atoms with E-state index in [1.54, 1.807) is 0 Å². The third kappa shape index (κ3) is 2.95. The van der Waals surface area contributed by atoms with Crippen molar-refractivity contribution in [1.29, 1.82) is 0 Å². The van der Waals surface area contributed by atoms with Crippen molar-refractivity contribution in [3.05, 3.63) is 17.6 Å². The van der Waals surface area contributed by atoms with Crippen molar-refractivity contribution in [2.75, 3.05) is 11.9 Å². The molecule has 0 aromatic carbocycles. The van der Waals surface area contributed by atoms with Gasteiger partial charge in [0.05, 0.1) is 5.60 Å². The van der Waals surface area contributed by atoms with Gasteiger partial charge in [0.1, 0.15) is 11.6 Å². The maximum Gasteiger partial charge on any atom is 0.130 e. The van der Waals surface area contributed by atoms with Gasteiger partial charge in [0, 0.05) is 24.4 Å². The summed E-state index contributed by atoms with van der Waals surface area (Å²) in [5, 5.41) is 3.62. The van der Waals surface area contributed by atoms with Crippen LogP contribution >= 0.6 is 0 Å². The summed E-state index contributed by atoms with van der Waals surface area (Å²) in [6.07, 6.45) is 8.25. The van der Waals surface area contributed by atoms with Crippen LogP contribution in [-0.2, 0) is 11.2 Å². The van der Waals surface area contributed by atoms with Crippen LogP contribution in [0, 0.1) is 6.92 Å². The molecule has 2 fully saturated rings. The van der Waals surface area contributed by atoms with Crippen molar-refractivity contribution >= 4 is 5.82 Å². The molecule has 1 aromatic rings. The molecule has 4 heteroatoms.